The molecule has 148 valence electrons. The zero-order chi connectivity index (χ0) is 19.9. The van der Waals surface area contributed by atoms with Crippen LogP contribution in [0.2, 0.25) is 0 Å². The predicted octanol–water partition coefficient (Wildman–Crippen LogP) is 4.50. The second-order valence-electron chi connectivity index (χ2n) is 7.64. The molecule has 1 aromatic heterocycles. The minimum absolute atomic E-state index is 0. The summed E-state index contributed by atoms with van der Waals surface area (Å²) in [7, 11) is 0. The van der Waals surface area contributed by atoms with Crippen molar-refractivity contribution in [1.29, 1.82) is 0 Å². The van der Waals surface area contributed by atoms with E-state index in [0.717, 1.165) is 37.4 Å². The molecular formula is C22H34N4O. The lowest BCUT2D eigenvalue weighted by atomic mass is 9.88. The number of carbonyl (C=O) groups excluding carboxylic acids is 1. The molecule has 0 aliphatic heterocycles. The Morgan fingerprint density at radius 2 is 2.00 bits per heavy atom. The van der Waals surface area contributed by atoms with E-state index in [-0.39, 0.29) is 7.21 Å². The molecule has 0 aliphatic carbocycles. The molecule has 5 heteroatoms. The van der Waals surface area contributed by atoms with E-state index in [0.29, 0.717) is 5.70 Å². The molecule has 0 radical (unpaired) electrons. The quantitative estimate of drug-likeness (QED) is 0.661. The molecule has 0 saturated heterocycles. The maximum Gasteiger partial charge on any atom is 0.186 e. The predicted molar refractivity (Wildman–Crippen MR) is 116 cm³/mol. The highest BCUT2D eigenvalue weighted by Gasteiger charge is 2.26. The van der Waals surface area contributed by atoms with Crippen molar-refractivity contribution in [2.75, 3.05) is 31.5 Å². The molecule has 0 fully saturated rings. The Morgan fingerprint density at radius 1 is 1.26 bits per heavy atom. The fraction of sp³-hybridized carbons (Fsp3) is 0.455. The minimum Gasteiger partial charge on any atom is -0.384 e. The number of benzene rings is 1. The number of hydrogen-bond donors (Lipinski definition) is 1. The van der Waals surface area contributed by atoms with Gasteiger partial charge in [0, 0.05) is 38.0 Å². The fourth-order valence-electron chi connectivity index (χ4n) is 2.83. The van der Waals surface area contributed by atoms with Crippen LogP contribution in [0, 0.1) is 5.41 Å². The van der Waals surface area contributed by atoms with Crippen molar-refractivity contribution in [3.8, 4) is 0 Å². The van der Waals surface area contributed by atoms with E-state index in [2.05, 4.69) is 41.3 Å². The third-order valence-corrected chi connectivity index (χ3v) is 4.51. The number of nitrogens with one attached hydrogen (secondary N) is 1. The molecule has 1 N–H and O–H groups in total. The Bertz CT molecular complexity index is 759. The van der Waals surface area contributed by atoms with Gasteiger partial charge in [0.2, 0.25) is 0 Å². The summed E-state index contributed by atoms with van der Waals surface area (Å²) in [5.41, 5.74) is 2.13. The van der Waals surface area contributed by atoms with Crippen molar-refractivity contribution < 1.29 is 6.22 Å². The third kappa shape index (κ3) is 6.07. The number of rotatable bonds is 9. The monoisotopic (exact) mass is 370 g/mol. The van der Waals surface area contributed by atoms with E-state index in [1.807, 2.05) is 51.2 Å². The topological polar surface area (TPSA) is 50.2 Å². The van der Waals surface area contributed by atoms with Crippen LogP contribution in [0.4, 0.5) is 5.69 Å². The lowest BCUT2D eigenvalue weighted by Gasteiger charge is -2.19. The van der Waals surface area contributed by atoms with Crippen LogP contribution >= 0.6 is 0 Å². The molecule has 2 aromatic rings. The summed E-state index contributed by atoms with van der Waals surface area (Å²) < 4.78 is 1.65. The zero-order valence-corrected chi connectivity index (χ0v) is 17.2. The Balaban J connectivity index is 0.00000392. The van der Waals surface area contributed by atoms with Gasteiger partial charge in [-0.05, 0) is 42.9 Å². The molecule has 0 aliphatic rings. The van der Waals surface area contributed by atoms with Gasteiger partial charge < -0.3 is 10.2 Å². The average molecular weight is 371 g/mol. The van der Waals surface area contributed by atoms with Gasteiger partial charge in [-0.1, -0.05) is 46.8 Å². The van der Waals surface area contributed by atoms with E-state index in [1.165, 1.54) is 0 Å². The average Bonchev–Trinajstić information content (AvgIpc) is 3.17. The van der Waals surface area contributed by atoms with Crippen LogP contribution in [0.3, 0.4) is 0 Å². The van der Waals surface area contributed by atoms with Gasteiger partial charge in [0.05, 0.1) is 0 Å². The summed E-state index contributed by atoms with van der Waals surface area (Å²) in [6, 6.07) is 9.97. The minimum atomic E-state index is -0.475. The smallest absolute Gasteiger partial charge is 0.186 e. The van der Waals surface area contributed by atoms with Gasteiger partial charge in [-0.15, -0.1) is 0 Å². The van der Waals surface area contributed by atoms with E-state index >= 15 is 0 Å². The first-order chi connectivity index (χ1) is 12.8. The van der Waals surface area contributed by atoms with Crippen molar-refractivity contribution in [2.45, 2.75) is 34.6 Å². The standard InChI is InChI=1S/C22H32N4O.H2/c1-6-25(7-2)15-13-23-19-11-8-10-18(16-19)17-20(21(27)22(3,4)5)26-14-9-12-24-26;/h8-12,14,16-17,23H,6-7,13,15H2,1-5H3;1H/b20-17-;. The second kappa shape index (κ2) is 9.51. The molecule has 0 bridgehead atoms. The van der Waals surface area contributed by atoms with E-state index in [4.69, 9.17) is 0 Å². The molecule has 27 heavy (non-hydrogen) atoms. The maximum atomic E-state index is 12.9. The number of allylic oxidation sites excluding steroid dienone is 1. The molecule has 2 rings (SSSR count). The van der Waals surface area contributed by atoms with E-state index in [9.17, 15) is 4.79 Å². The SMILES string of the molecule is CCN(CC)CCNc1cccc(/C=C(/C(=O)C(C)(C)C)n2cccn2)c1.[HH]. The van der Waals surface area contributed by atoms with Crippen LogP contribution < -0.4 is 5.32 Å². The lowest BCUT2D eigenvalue weighted by molar-refractivity contribution is -0.120. The normalized spacial score (nSPS) is 12.4. The van der Waals surface area contributed by atoms with Gasteiger partial charge in [-0.25, -0.2) is 4.68 Å². The van der Waals surface area contributed by atoms with Gasteiger partial charge >= 0.3 is 0 Å². The van der Waals surface area contributed by atoms with Crippen molar-refractivity contribution in [1.82, 2.24) is 14.7 Å². The third-order valence-electron chi connectivity index (χ3n) is 4.51. The van der Waals surface area contributed by atoms with E-state index in [1.54, 1.807) is 10.9 Å². The number of likely N-dealkylation sites (N-methyl/N-ethyl adjacent to an activating group) is 1. The van der Waals surface area contributed by atoms with Crippen molar-refractivity contribution in [2.24, 2.45) is 5.41 Å². The zero-order valence-electron chi connectivity index (χ0n) is 17.2. The fourth-order valence-corrected chi connectivity index (χ4v) is 2.83. The van der Waals surface area contributed by atoms with Crippen LogP contribution in [-0.4, -0.2) is 46.6 Å². The molecule has 1 aromatic carbocycles. The molecule has 0 unspecified atom stereocenters. The molecule has 5 nitrogen and oxygen atoms in total. The highest BCUT2D eigenvalue weighted by atomic mass is 16.1. The second-order valence-corrected chi connectivity index (χ2v) is 7.64. The van der Waals surface area contributed by atoms with Gasteiger partial charge in [-0.3, -0.25) is 4.79 Å². The van der Waals surface area contributed by atoms with E-state index < -0.39 is 5.41 Å². The van der Waals surface area contributed by atoms with Crippen LogP contribution in [0.25, 0.3) is 11.8 Å². The first kappa shape index (κ1) is 20.9. The lowest BCUT2D eigenvalue weighted by Crippen LogP contribution is -2.28. The first-order valence-electron chi connectivity index (χ1n) is 9.68. The van der Waals surface area contributed by atoms with Crippen molar-refractivity contribution in [3.63, 3.8) is 0 Å². The number of ketones is 1. The molecule has 0 saturated carbocycles. The summed E-state index contributed by atoms with van der Waals surface area (Å²) in [6.07, 6.45) is 5.41. The van der Waals surface area contributed by atoms with Crippen LogP contribution in [0.1, 0.15) is 41.6 Å². The molecule has 1 heterocycles. The molecule has 0 spiro atoms. The maximum absolute atomic E-state index is 12.9. The summed E-state index contributed by atoms with van der Waals surface area (Å²) in [5, 5.41) is 7.74. The Kier molecular flexibility index (Phi) is 7.36. The van der Waals surface area contributed by atoms with Gasteiger partial charge in [0.25, 0.3) is 0 Å². The van der Waals surface area contributed by atoms with Crippen molar-refractivity contribution >= 4 is 23.2 Å². The number of nitrogens with zero attached hydrogens (tertiary/aromatic N) is 3. The summed E-state index contributed by atoms with van der Waals surface area (Å²) >= 11 is 0. The Labute approximate surface area is 164 Å². The van der Waals surface area contributed by atoms with Crippen LogP contribution in [0.15, 0.2) is 42.7 Å². The molecule has 0 atom stereocenters. The number of carbonyl (C=O) groups is 1. The highest BCUT2D eigenvalue weighted by Crippen LogP contribution is 2.25. The summed E-state index contributed by atoms with van der Waals surface area (Å²) in [6.45, 7) is 14.2. The number of Topliss-reactive ketones (excluding diaryl/α,β-unsaturated/α-hetero) is 1. The van der Waals surface area contributed by atoms with Crippen LogP contribution in [-0.2, 0) is 4.79 Å². The molecule has 0 amide bonds. The van der Waals surface area contributed by atoms with Gasteiger partial charge in [-0.2, -0.15) is 5.10 Å². The van der Waals surface area contributed by atoms with Gasteiger partial charge in [0.1, 0.15) is 5.70 Å². The Morgan fingerprint density at radius 3 is 2.59 bits per heavy atom. The van der Waals surface area contributed by atoms with Crippen molar-refractivity contribution in [3.05, 3.63) is 48.3 Å². The number of aromatic nitrogens is 2. The molecular weight excluding hydrogens is 336 g/mol. The summed E-state index contributed by atoms with van der Waals surface area (Å²) in [5.74, 6) is 0.0612. The number of hydrogen-bond acceptors (Lipinski definition) is 4. The Hall–Kier alpha value is -2.40. The largest absolute Gasteiger partial charge is 0.384 e. The van der Waals surface area contributed by atoms with Gasteiger partial charge in [0.15, 0.2) is 5.78 Å². The first-order valence-corrected chi connectivity index (χ1v) is 9.68. The summed E-state index contributed by atoms with van der Waals surface area (Å²) in [4.78, 5) is 15.3. The van der Waals surface area contributed by atoms with Crippen LogP contribution in [0.5, 0.6) is 0 Å². The highest BCUT2D eigenvalue weighted by molar-refractivity contribution is 6.21. The number of anilines is 1.